The molecule has 1 nitrogen and oxygen atoms in total. The molecule has 1 aromatic carbocycles. The molecule has 0 saturated carbocycles. The maximum Gasteiger partial charge on any atom is 0.390 e. The fourth-order valence-electron chi connectivity index (χ4n) is 1.41. The van der Waals surface area contributed by atoms with E-state index in [1.165, 1.54) is 5.56 Å². The van der Waals surface area contributed by atoms with E-state index >= 15 is 0 Å². The molecule has 1 aromatic rings. The molecule has 0 unspecified atom stereocenters. The first-order valence-electron chi connectivity index (χ1n) is 6.77. The second-order valence-electron chi connectivity index (χ2n) is 5.33. The van der Waals surface area contributed by atoms with Crippen molar-refractivity contribution in [3.63, 3.8) is 0 Å². The Morgan fingerprint density at radius 1 is 0.920 bits per heavy atom. The predicted octanol–water partition coefficient (Wildman–Crippen LogP) is 7.96. The molecule has 0 bridgehead atoms. The third-order valence-electron chi connectivity index (χ3n) is 2.51. The zero-order valence-corrected chi connectivity index (χ0v) is 17.6. The smallest absolute Gasteiger partial charge is 0.314 e. The molecule has 0 fully saturated rings. The summed E-state index contributed by atoms with van der Waals surface area (Å²) in [5.41, 5.74) is 1.18. The van der Waals surface area contributed by atoms with E-state index in [2.05, 4.69) is 19.2 Å². The van der Waals surface area contributed by atoms with Gasteiger partial charge in [-0.2, -0.15) is 13.2 Å². The number of alkyl halides is 3. The number of halogens is 5. The molecular weight excluding hydrogens is 447 g/mol. The first-order chi connectivity index (χ1) is 9.51. The molecule has 7 heteroatoms. The molecule has 1 N–H and O–H groups in total. The fraction of sp³-hybridized carbons (Fsp3) is 0.667. The van der Waals surface area contributed by atoms with Crippen LogP contribution in [0.4, 0.5) is 13.2 Å². The van der Waals surface area contributed by atoms with E-state index in [1.54, 1.807) is 6.07 Å². The van der Waals surface area contributed by atoms with Gasteiger partial charge in [0.1, 0.15) is 0 Å². The van der Waals surface area contributed by atoms with Crippen molar-refractivity contribution in [2.45, 2.75) is 74.5 Å². The van der Waals surface area contributed by atoms with Crippen molar-refractivity contribution < 1.29 is 45.9 Å². The normalized spacial score (nSPS) is 9.72. The average Bonchev–Trinajstić information content (AvgIpc) is 2.25. The van der Waals surface area contributed by atoms with Gasteiger partial charge in [-0.15, -0.1) is 0 Å². The molecule has 1 rings (SSSR count). The van der Waals surface area contributed by atoms with Gasteiger partial charge in [-0.05, 0) is 29.7 Å². The molecule has 1 radical (unpaired) electrons. The molecule has 0 aliphatic rings. The fourth-order valence-corrected chi connectivity index (χ4v) is 1.95. The maximum absolute atomic E-state index is 11.5. The van der Waals surface area contributed by atoms with E-state index in [-0.39, 0.29) is 67.6 Å². The minimum Gasteiger partial charge on any atom is -0.314 e. The molecule has 0 heterocycles. The van der Waals surface area contributed by atoms with E-state index in [9.17, 15) is 13.2 Å². The van der Waals surface area contributed by atoms with Gasteiger partial charge in [0.15, 0.2) is 0 Å². The van der Waals surface area contributed by atoms with Crippen LogP contribution in [0.1, 0.15) is 67.9 Å². The monoisotopic (exact) mass is 480 g/mol. The van der Waals surface area contributed by atoms with Crippen LogP contribution in [0.15, 0.2) is 18.2 Å². The Balaban J connectivity index is -0.0000000924. The van der Waals surface area contributed by atoms with Crippen molar-refractivity contribution in [2.75, 3.05) is 6.54 Å². The standard InChI is InChI=1S/C9H10Cl2.C6H12F3N.3CH4.Y/c1-6(2)7-3-8(10)5-9(11)4-7;1-5(2)10-4-3-6(7,8)9;;;;/h3-6H,1-2H3;5,10H,3-4H2,1-2H3;3*1H4;. The Labute approximate surface area is 188 Å². The molecule has 0 aromatic heterocycles. The number of nitrogens with one attached hydrogen (secondary N) is 1. The number of hydrogen-bond acceptors (Lipinski definition) is 1. The van der Waals surface area contributed by atoms with E-state index in [4.69, 9.17) is 23.2 Å². The van der Waals surface area contributed by atoms with Gasteiger partial charge in [-0.25, -0.2) is 0 Å². The van der Waals surface area contributed by atoms with Crippen LogP contribution < -0.4 is 5.32 Å². The van der Waals surface area contributed by atoms with Gasteiger partial charge in [0.2, 0.25) is 0 Å². The maximum atomic E-state index is 11.5. The Hall–Kier alpha value is 0.654. The second kappa shape index (κ2) is 18.0. The molecule has 0 amide bonds. The predicted molar refractivity (Wildman–Crippen MR) is 105 cm³/mol. The Kier molecular flexibility index (Phi) is 26.4. The number of rotatable bonds is 4. The summed E-state index contributed by atoms with van der Waals surface area (Å²) in [4.78, 5) is 0. The summed E-state index contributed by atoms with van der Waals surface area (Å²) in [5.74, 6) is 0.478. The zero-order valence-electron chi connectivity index (χ0n) is 13.3. The van der Waals surface area contributed by atoms with Gasteiger partial charge < -0.3 is 5.32 Å². The molecular formula is C18H34Cl2F3NY. The largest absolute Gasteiger partial charge is 0.390 e. The quantitative estimate of drug-likeness (QED) is 0.460. The van der Waals surface area contributed by atoms with E-state index in [0.717, 1.165) is 0 Å². The molecule has 0 aliphatic carbocycles. The molecule has 25 heavy (non-hydrogen) atoms. The summed E-state index contributed by atoms with van der Waals surface area (Å²) >= 11 is 11.6. The van der Waals surface area contributed by atoms with Gasteiger partial charge in [0.05, 0.1) is 6.42 Å². The van der Waals surface area contributed by atoms with E-state index in [0.29, 0.717) is 16.0 Å². The number of benzene rings is 1. The van der Waals surface area contributed by atoms with E-state index in [1.807, 2.05) is 26.0 Å². The summed E-state index contributed by atoms with van der Waals surface area (Å²) in [6, 6.07) is 5.76. The Morgan fingerprint density at radius 3 is 1.60 bits per heavy atom. The van der Waals surface area contributed by atoms with Gasteiger partial charge in [0, 0.05) is 55.3 Å². The Morgan fingerprint density at radius 2 is 1.32 bits per heavy atom. The van der Waals surface area contributed by atoms with Crippen LogP contribution in [0.2, 0.25) is 10.0 Å². The first kappa shape index (κ1) is 36.6. The topological polar surface area (TPSA) is 12.0 Å². The summed E-state index contributed by atoms with van der Waals surface area (Å²) < 4.78 is 34.4. The SMILES string of the molecule is C.C.C.CC(C)NCCC(F)(F)F.CC(C)c1cc(Cl)cc(Cl)c1.[Y]. The van der Waals surface area contributed by atoms with Gasteiger partial charge in [0.25, 0.3) is 0 Å². The molecule has 149 valence electrons. The van der Waals surface area contributed by atoms with Crippen molar-refractivity contribution in [3.8, 4) is 0 Å². The van der Waals surface area contributed by atoms with Crippen LogP contribution in [0.5, 0.6) is 0 Å². The van der Waals surface area contributed by atoms with Crippen LogP contribution in [0.3, 0.4) is 0 Å². The van der Waals surface area contributed by atoms with Crippen LogP contribution in [0.25, 0.3) is 0 Å². The van der Waals surface area contributed by atoms with Crippen molar-refractivity contribution in [3.05, 3.63) is 33.8 Å². The first-order valence-corrected chi connectivity index (χ1v) is 7.53. The second-order valence-corrected chi connectivity index (χ2v) is 6.20. The minimum absolute atomic E-state index is 0. The van der Waals surface area contributed by atoms with Crippen LogP contribution in [-0.4, -0.2) is 18.8 Å². The van der Waals surface area contributed by atoms with Gasteiger partial charge in [-0.3, -0.25) is 0 Å². The van der Waals surface area contributed by atoms with Crippen molar-refractivity contribution in [1.29, 1.82) is 0 Å². The summed E-state index contributed by atoms with van der Waals surface area (Å²) in [6.07, 6.45) is -4.77. The average molecular weight is 481 g/mol. The molecule has 0 atom stereocenters. The molecule has 0 spiro atoms. The van der Waals surface area contributed by atoms with Gasteiger partial charge in [-0.1, -0.05) is 73.2 Å². The molecule has 0 aliphatic heterocycles. The Bertz CT molecular complexity index is 405. The van der Waals surface area contributed by atoms with Crippen molar-refractivity contribution in [1.82, 2.24) is 5.32 Å². The third-order valence-corrected chi connectivity index (χ3v) is 2.95. The molecule has 0 saturated heterocycles. The summed E-state index contributed by atoms with van der Waals surface area (Å²) in [7, 11) is 0. The number of hydrogen-bond donors (Lipinski definition) is 1. The summed E-state index contributed by atoms with van der Waals surface area (Å²) in [6.45, 7) is 7.87. The van der Waals surface area contributed by atoms with E-state index < -0.39 is 12.6 Å². The van der Waals surface area contributed by atoms with Crippen LogP contribution >= 0.6 is 23.2 Å². The zero-order chi connectivity index (χ0) is 16.6. The third kappa shape index (κ3) is 22.6. The summed E-state index contributed by atoms with van der Waals surface area (Å²) in [5, 5.41) is 4.10. The van der Waals surface area contributed by atoms with Gasteiger partial charge >= 0.3 is 6.18 Å². The van der Waals surface area contributed by atoms with Crippen molar-refractivity contribution >= 4 is 23.2 Å². The van der Waals surface area contributed by atoms with Crippen LogP contribution in [0, 0.1) is 0 Å². The van der Waals surface area contributed by atoms with Crippen molar-refractivity contribution in [2.24, 2.45) is 0 Å². The van der Waals surface area contributed by atoms with Crippen LogP contribution in [-0.2, 0) is 32.7 Å². The minimum atomic E-state index is -4.03.